The fraction of sp³-hybridized carbons (Fsp3) is 0.769. The zero-order valence-corrected chi connectivity index (χ0v) is 12.3. The summed E-state index contributed by atoms with van der Waals surface area (Å²) in [6, 6.07) is 0.175. The van der Waals surface area contributed by atoms with Gasteiger partial charge in [0.1, 0.15) is 5.01 Å². The Kier molecular flexibility index (Phi) is 7.42. The summed E-state index contributed by atoms with van der Waals surface area (Å²) in [7, 11) is 0. The van der Waals surface area contributed by atoms with E-state index in [4.69, 9.17) is 4.74 Å². The molecule has 0 fully saturated rings. The van der Waals surface area contributed by atoms with Crippen LogP contribution in [0.4, 0.5) is 0 Å². The summed E-state index contributed by atoms with van der Waals surface area (Å²) in [5.41, 5.74) is 0. The summed E-state index contributed by atoms with van der Waals surface area (Å²) in [6.45, 7) is 7.89. The molecule has 0 amide bonds. The first kappa shape index (κ1) is 15.6. The number of thiazole rings is 1. The van der Waals surface area contributed by atoms with Crippen LogP contribution in [0.25, 0.3) is 0 Å². The lowest BCUT2D eigenvalue weighted by molar-refractivity contribution is 0.0348. The first-order valence-corrected chi connectivity index (χ1v) is 7.36. The van der Waals surface area contributed by atoms with E-state index in [1.54, 1.807) is 11.3 Å². The molecule has 1 heterocycles. The molecule has 2 unspecified atom stereocenters. The molecular formula is C13H24N2O2S. The molecule has 1 aromatic rings. The van der Waals surface area contributed by atoms with Gasteiger partial charge in [0.05, 0.1) is 18.8 Å². The van der Waals surface area contributed by atoms with E-state index in [1.165, 1.54) is 4.88 Å². The molecule has 104 valence electrons. The molecule has 4 nitrogen and oxygen atoms in total. The number of aliphatic hydroxyl groups excluding tert-OH is 1. The number of aromatic nitrogens is 1. The largest absolute Gasteiger partial charge is 0.389 e. The van der Waals surface area contributed by atoms with Gasteiger partial charge >= 0.3 is 0 Å². The second kappa shape index (κ2) is 8.58. The van der Waals surface area contributed by atoms with E-state index in [0.29, 0.717) is 13.2 Å². The topological polar surface area (TPSA) is 54.4 Å². The summed E-state index contributed by atoms with van der Waals surface area (Å²) in [5.74, 6) is 0. The van der Waals surface area contributed by atoms with Crippen molar-refractivity contribution < 1.29 is 9.84 Å². The maximum atomic E-state index is 9.75. The zero-order chi connectivity index (χ0) is 13.4. The van der Waals surface area contributed by atoms with Gasteiger partial charge in [0.2, 0.25) is 0 Å². The number of nitrogens with zero attached hydrogens (tertiary/aromatic N) is 1. The molecule has 1 rings (SSSR count). The Balaban J connectivity index is 2.15. The number of aliphatic hydroxyl groups is 1. The van der Waals surface area contributed by atoms with Gasteiger partial charge in [-0.1, -0.05) is 13.3 Å². The van der Waals surface area contributed by atoms with Crippen LogP contribution < -0.4 is 5.32 Å². The average molecular weight is 272 g/mol. The van der Waals surface area contributed by atoms with Crippen LogP contribution in [0.5, 0.6) is 0 Å². The van der Waals surface area contributed by atoms with E-state index in [0.717, 1.165) is 24.5 Å². The maximum Gasteiger partial charge on any atom is 0.109 e. The molecule has 0 bridgehead atoms. The van der Waals surface area contributed by atoms with E-state index in [9.17, 15) is 5.11 Å². The minimum Gasteiger partial charge on any atom is -0.389 e. The monoisotopic (exact) mass is 272 g/mol. The van der Waals surface area contributed by atoms with Crippen molar-refractivity contribution >= 4 is 11.3 Å². The number of hydrogen-bond donors (Lipinski definition) is 2. The van der Waals surface area contributed by atoms with Crippen molar-refractivity contribution in [1.82, 2.24) is 10.3 Å². The van der Waals surface area contributed by atoms with E-state index in [2.05, 4.69) is 24.1 Å². The smallest absolute Gasteiger partial charge is 0.109 e. The second-order valence-electron chi connectivity index (χ2n) is 4.52. The third kappa shape index (κ3) is 5.91. The number of ether oxygens (including phenoxy) is 1. The van der Waals surface area contributed by atoms with Crippen molar-refractivity contribution in [3.05, 3.63) is 16.1 Å². The highest BCUT2D eigenvalue weighted by Crippen LogP contribution is 2.18. The maximum absolute atomic E-state index is 9.75. The first-order chi connectivity index (χ1) is 8.63. The Hall–Kier alpha value is -0.490. The van der Waals surface area contributed by atoms with E-state index in [1.807, 2.05) is 13.1 Å². The van der Waals surface area contributed by atoms with E-state index >= 15 is 0 Å². The van der Waals surface area contributed by atoms with Crippen LogP contribution in [0.2, 0.25) is 0 Å². The molecule has 0 saturated carbocycles. The number of hydrogen-bond acceptors (Lipinski definition) is 5. The minimum atomic E-state index is -0.453. The van der Waals surface area contributed by atoms with Crippen molar-refractivity contribution in [3.63, 3.8) is 0 Å². The lowest BCUT2D eigenvalue weighted by Crippen LogP contribution is -2.32. The SMILES string of the molecule is CCCCOCC(O)CNC(C)c1ncc(C)s1. The van der Waals surface area contributed by atoms with Gasteiger partial charge < -0.3 is 15.2 Å². The number of unbranched alkanes of at least 4 members (excludes halogenated alkanes) is 1. The minimum absolute atomic E-state index is 0.175. The Morgan fingerprint density at radius 3 is 2.94 bits per heavy atom. The van der Waals surface area contributed by atoms with Gasteiger partial charge in [-0.15, -0.1) is 11.3 Å². The molecule has 0 radical (unpaired) electrons. The van der Waals surface area contributed by atoms with Gasteiger partial charge in [-0.3, -0.25) is 0 Å². The average Bonchev–Trinajstić information content (AvgIpc) is 2.78. The normalized spacial score (nSPS) is 14.7. The van der Waals surface area contributed by atoms with Crippen molar-refractivity contribution in [2.45, 2.75) is 45.8 Å². The van der Waals surface area contributed by atoms with E-state index in [-0.39, 0.29) is 6.04 Å². The van der Waals surface area contributed by atoms with Crippen LogP contribution in [-0.4, -0.2) is 36.0 Å². The van der Waals surface area contributed by atoms with E-state index < -0.39 is 6.10 Å². The number of nitrogens with one attached hydrogen (secondary N) is 1. The Bertz CT molecular complexity index is 331. The van der Waals surface area contributed by atoms with Crippen LogP contribution in [0.1, 0.15) is 42.6 Å². The number of aryl methyl sites for hydroxylation is 1. The molecule has 0 aliphatic carbocycles. The lowest BCUT2D eigenvalue weighted by Gasteiger charge is -2.15. The zero-order valence-electron chi connectivity index (χ0n) is 11.5. The standard InChI is InChI=1S/C13H24N2O2S/c1-4-5-6-17-9-12(16)8-14-11(3)13-15-7-10(2)18-13/h7,11-12,14,16H,4-6,8-9H2,1-3H3. The Morgan fingerprint density at radius 1 is 1.56 bits per heavy atom. The summed E-state index contributed by atoms with van der Waals surface area (Å²) < 4.78 is 5.37. The molecule has 2 atom stereocenters. The molecule has 18 heavy (non-hydrogen) atoms. The molecule has 2 N–H and O–H groups in total. The third-order valence-electron chi connectivity index (χ3n) is 2.62. The van der Waals surface area contributed by atoms with Crippen LogP contribution in [0.15, 0.2) is 6.20 Å². The second-order valence-corrected chi connectivity index (χ2v) is 5.79. The van der Waals surface area contributed by atoms with Gasteiger partial charge in [0.25, 0.3) is 0 Å². The van der Waals surface area contributed by atoms with Crippen LogP contribution in [0.3, 0.4) is 0 Å². The Labute approximate surface area is 113 Å². The molecule has 0 aliphatic heterocycles. The molecule has 0 aliphatic rings. The van der Waals surface area contributed by atoms with Crippen LogP contribution in [-0.2, 0) is 4.74 Å². The fourth-order valence-corrected chi connectivity index (χ4v) is 2.30. The predicted octanol–water partition coefficient (Wildman–Crippen LogP) is 2.28. The highest BCUT2D eigenvalue weighted by molar-refractivity contribution is 7.11. The first-order valence-electron chi connectivity index (χ1n) is 6.55. The highest BCUT2D eigenvalue weighted by atomic mass is 32.1. The van der Waals surface area contributed by atoms with Gasteiger partial charge in [0, 0.05) is 24.2 Å². The summed E-state index contributed by atoms with van der Waals surface area (Å²) >= 11 is 1.69. The molecular weight excluding hydrogens is 248 g/mol. The predicted molar refractivity (Wildman–Crippen MR) is 75.0 cm³/mol. The van der Waals surface area contributed by atoms with Gasteiger partial charge in [-0.25, -0.2) is 4.98 Å². The lowest BCUT2D eigenvalue weighted by atomic mass is 10.3. The number of rotatable bonds is 9. The summed E-state index contributed by atoms with van der Waals surface area (Å²) in [6.07, 6.45) is 3.59. The molecule has 1 aromatic heterocycles. The quantitative estimate of drug-likeness (QED) is 0.677. The van der Waals surface area contributed by atoms with Crippen LogP contribution >= 0.6 is 11.3 Å². The summed E-state index contributed by atoms with van der Waals surface area (Å²) in [4.78, 5) is 5.53. The van der Waals surface area contributed by atoms with Gasteiger partial charge in [-0.05, 0) is 20.3 Å². The Morgan fingerprint density at radius 2 is 2.33 bits per heavy atom. The fourth-order valence-electron chi connectivity index (χ4n) is 1.50. The van der Waals surface area contributed by atoms with Crippen molar-refractivity contribution in [1.29, 1.82) is 0 Å². The van der Waals surface area contributed by atoms with Crippen molar-refractivity contribution in [2.24, 2.45) is 0 Å². The summed E-state index contributed by atoms with van der Waals surface area (Å²) in [5, 5.41) is 14.1. The van der Waals surface area contributed by atoms with Crippen molar-refractivity contribution in [2.75, 3.05) is 19.8 Å². The molecule has 0 spiro atoms. The molecule has 0 aromatic carbocycles. The van der Waals surface area contributed by atoms with Gasteiger partial charge in [0.15, 0.2) is 0 Å². The van der Waals surface area contributed by atoms with Crippen LogP contribution in [0, 0.1) is 6.92 Å². The van der Waals surface area contributed by atoms with Crippen molar-refractivity contribution in [3.8, 4) is 0 Å². The molecule has 0 saturated heterocycles. The highest BCUT2D eigenvalue weighted by Gasteiger charge is 2.11. The van der Waals surface area contributed by atoms with Gasteiger partial charge in [-0.2, -0.15) is 0 Å². The third-order valence-corrected chi connectivity index (χ3v) is 3.72. The molecule has 5 heteroatoms.